The van der Waals surface area contributed by atoms with Crippen LogP contribution in [0.3, 0.4) is 0 Å². The topological polar surface area (TPSA) is 86.7 Å². The first kappa shape index (κ1) is 19.9. The summed E-state index contributed by atoms with van der Waals surface area (Å²) in [4.78, 5) is 27.8. The van der Waals surface area contributed by atoms with Crippen molar-refractivity contribution in [2.75, 3.05) is 13.2 Å². The lowest BCUT2D eigenvalue weighted by Crippen LogP contribution is -2.19. The lowest BCUT2D eigenvalue weighted by Gasteiger charge is -2.05. The SMILES string of the molecule is CCOCCn1c(=NC(=O)CCc2ccccc2)sc2cc([N+](=O)[O-])ccc21. The van der Waals surface area contributed by atoms with Gasteiger partial charge in [-0.1, -0.05) is 41.7 Å². The monoisotopic (exact) mass is 399 g/mol. The smallest absolute Gasteiger partial charge is 0.270 e. The van der Waals surface area contributed by atoms with Crippen LogP contribution in [0.5, 0.6) is 0 Å². The van der Waals surface area contributed by atoms with Crippen LogP contribution < -0.4 is 4.80 Å². The molecule has 0 atom stereocenters. The molecule has 8 heteroatoms. The maximum absolute atomic E-state index is 12.4. The first-order chi connectivity index (χ1) is 13.6. The van der Waals surface area contributed by atoms with Gasteiger partial charge in [0.15, 0.2) is 4.80 Å². The van der Waals surface area contributed by atoms with Gasteiger partial charge in [0.25, 0.3) is 5.69 Å². The van der Waals surface area contributed by atoms with Gasteiger partial charge in [-0.25, -0.2) is 0 Å². The van der Waals surface area contributed by atoms with Gasteiger partial charge in [0.1, 0.15) is 0 Å². The maximum atomic E-state index is 12.4. The Balaban J connectivity index is 1.90. The van der Waals surface area contributed by atoms with E-state index in [0.29, 0.717) is 37.4 Å². The Bertz CT molecular complexity index is 1040. The van der Waals surface area contributed by atoms with Crippen LogP contribution in [0.1, 0.15) is 18.9 Å². The molecule has 0 bridgehead atoms. The molecule has 28 heavy (non-hydrogen) atoms. The molecule has 0 aliphatic rings. The summed E-state index contributed by atoms with van der Waals surface area (Å²) in [5.74, 6) is -0.213. The number of carbonyl (C=O) groups excluding carboxylic acids is 1. The molecule has 0 fully saturated rings. The molecular formula is C20H21N3O4S. The van der Waals surface area contributed by atoms with Crippen LogP contribution in [0.25, 0.3) is 10.2 Å². The molecule has 3 rings (SSSR count). The van der Waals surface area contributed by atoms with Crippen LogP contribution >= 0.6 is 11.3 Å². The fraction of sp³-hybridized carbons (Fsp3) is 0.300. The Hall–Kier alpha value is -2.84. The molecule has 1 amide bonds. The first-order valence-corrected chi connectivity index (χ1v) is 9.87. The van der Waals surface area contributed by atoms with Gasteiger partial charge < -0.3 is 9.30 Å². The number of nitro benzene ring substituents is 1. The molecule has 0 saturated heterocycles. The third kappa shape index (κ3) is 4.90. The average molecular weight is 399 g/mol. The Kier molecular flexibility index (Phi) is 6.67. The lowest BCUT2D eigenvalue weighted by atomic mass is 10.1. The van der Waals surface area contributed by atoms with Gasteiger partial charge in [0, 0.05) is 31.7 Å². The van der Waals surface area contributed by atoms with Crippen molar-refractivity contribution in [2.24, 2.45) is 4.99 Å². The minimum absolute atomic E-state index is 0.0210. The molecule has 0 saturated carbocycles. The van der Waals surface area contributed by atoms with E-state index in [4.69, 9.17) is 4.74 Å². The predicted octanol–water partition coefficient (Wildman–Crippen LogP) is 3.71. The van der Waals surface area contributed by atoms with Crippen molar-refractivity contribution < 1.29 is 14.5 Å². The first-order valence-electron chi connectivity index (χ1n) is 9.05. The molecule has 0 radical (unpaired) electrons. The minimum atomic E-state index is -0.425. The number of benzene rings is 2. The van der Waals surface area contributed by atoms with Crippen molar-refractivity contribution in [2.45, 2.75) is 26.3 Å². The Morgan fingerprint density at radius 1 is 1.25 bits per heavy atom. The number of carbonyl (C=O) groups is 1. The third-order valence-corrected chi connectivity index (χ3v) is 5.27. The summed E-state index contributed by atoms with van der Waals surface area (Å²) in [5.41, 5.74) is 1.92. The van der Waals surface area contributed by atoms with E-state index < -0.39 is 4.92 Å². The normalized spacial score (nSPS) is 11.8. The lowest BCUT2D eigenvalue weighted by molar-refractivity contribution is -0.384. The van der Waals surface area contributed by atoms with E-state index in [9.17, 15) is 14.9 Å². The molecule has 0 unspecified atom stereocenters. The largest absolute Gasteiger partial charge is 0.380 e. The Labute approximate surface area is 166 Å². The number of rotatable bonds is 8. The van der Waals surface area contributed by atoms with Crippen LogP contribution in [-0.4, -0.2) is 28.6 Å². The number of thiazole rings is 1. The Morgan fingerprint density at radius 3 is 2.75 bits per heavy atom. The third-order valence-electron chi connectivity index (χ3n) is 4.23. The molecule has 0 aliphatic carbocycles. The van der Waals surface area contributed by atoms with Crippen molar-refractivity contribution >= 4 is 33.1 Å². The fourth-order valence-corrected chi connectivity index (χ4v) is 3.94. The summed E-state index contributed by atoms with van der Waals surface area (Å²) in [6, 6.07) is 14.5. The number of hydrogen-bond acceptors (Lipinski definition) is 5. The number of non-ortho nitro benzene ring substituents is 1. The number of fused-ring (bicyclic) bond motifs is 1. The second-order valence-electron chi connectivity index (χ2n) is 6.13. The van der Waals surface area contributed by atoms with Crippen molar-refractivity contribution in [1.82, 2.24) is 4.57 Å². The van der Waals surface area contributed by atoms with Gasteiger partial charge in [0.05, 0.1) is 21.7 Å². The average Bonchev–Trinajstić information content (AvgIpc) is 3.03. The van der Waals surface area contributed by atoms with Gasteiger partial charge >= 0.3 is 0 Å². The van der Waals surface area contributed by atoms with Crippen molar-refractivity contribution in [3.63, 3.8) is 0 Å². The van der Waals surface area contributed by atoms with Crippen molar-refractivity contribution in [3.05, 3.63) is 69.0 Å². The summed E-state index contributed by atoms with van der Waals surface area (Å²) in [7, 11) is 0. The second-order valence-corrected chi connectivity index (χ2v) is 7.14. The van der Waals surface area contributed by atoms with Gasteiger partial charge in [0.2, 0.25) is 5.91 Å². The summed E-state index contributed by atoms with van der Waals surface area (Å²) in [5, 5.41) is 11.1. The van der Waals surface area contributed by atoms with Crippen molar-refractivity contribution in [3.8, 4) is 0 Å². The van der Waals surface area contributed by atoms with Crippen molar-refractivity contribution in [1.29, 1.82) is 0 Å². The summed E-state index contributed by atoms with van der Waals surface area (Å²) < 4.78 is 8.04. The summed E-state index contributed by atoms with van der Waals surface area (Å²) in [6.07, 6.45) is 0.933. The standard InChI is InChI=1S/C20H21N3O4S/c1-2-27-13-12-22-17-10-9-16(23(25)26)14-18(17)28-20(22)21-19(24)11-8-15-6-4-3-5-7-15/h3-7,9-10,14H,2,8,11-13H2,1H3. The number of nitrogens with zero attached hydrogens (tertiary/aromatic N) is 3. The molecule has 0 N–H and O–H groups in total. The maximum Gasteiger partial charge on any atom is 0.270 e. The van der Waals surface area contributed by atoms with E-state index in [-0.39, 0.29) is 11.6 Å². The van der Waals surface area contributed by atoms with Gasteiger partial charge in [-0.15, -0.1) is 0 Å². The van der Waals surface area contributed by atoms with E-state index in [0.717, 1.165) is 15.8 Å². The highest BCUT2D eigenvalue weighted by atomic mass is 32.1. The molecule has 0 spiro atoms. The highest BCUT2D eigenvalue weighted by molar-refractivity contribution is 7.16. The molecule has 0 aliphatic heterocycles. The van der Waals surface area contributed by atoms with Gasteiger partial charge in [-0.3, -0.25) is 14.9 Å². The number of nitro groups is 1. The van der Waals surface area contributed by atoms with E-state index in [2.05, 4.69) is 4.99 Å². The summed E-state index contributed by atoms with van der Waals surface area (Å²) >= 11 is 1.28. The second kappa shape index (κ2) is 9.38. The van der Waals surface area contributed by atoms with Crippen LogP contribution in [0, 0.1) is 10.1 Å². The van der Waals surface area contributed by atoms with E-state index in [1.807, 2.05) is 41.8 Å². The zero-order chi connectivity index (χ0) is 19.9. The van der Waals surface area contributed by atoms with Gasteiger partial charge in [-0.05, 0) is 25.0 Å². The number of ether oxygens (including phenoxy) is 1. The number of aromatic nitrogens is 1. The predicted molar refractivity (Wildman–Crippen MR) is 108 cm³/mol. The Morgan fingerprint density at radius 2 is 2.04 bits per heavy atom. The van der Waals surface area contributed by atoms with Crippen LogP contribution in [0.4, 0.5) is 5.69 Å². The quantitative estimate of drug-likeness (QED) is 0.328. The highest BCUT2D eigenvalue weighted by Crippen LogP contribution is 2.23. The minimum Gasteiger partial charge on any atom is -0.380 e. The number of amides is 1. The molecule has 2 aromatic carbocycles. The molecule has 146 valence electrons. The zero-order valence-electron chi connectivity index (χ0n) is 15.5. The molecular weight excluding hydrogens is 378 g/mol. The number of hydrogen-bond donors (Lipinski definition) is 0. The van der Waals surface area contributed by atoms with E-state index in [1.165, 1.54) is 23.5 Å². The molecule has 3 aromatic rings. The molecule has 7 nitrogen and oxygen atoms in total. The van der Waals surface area contributed by atoms with Crippen LogP contribution in [0.2, 0.25) is 0 Å². The summed E-state index contributed by atoms with van der Waals surface area (Å²) in [6.45, 7) is 3.51. The van der Waals surface area contributed by atoms with E-state index in [1.54, 1.807) is 6.07 Å². The van der Waals surface area contributed by atoms with E-state index >= 15 is 0 Å². The highest BCUT2D eigenvalue weighted by Gasteiger charge is 2.13. The van der Waals surface area contributed by atoms with Crippen LogP contribution in [-0.2, 0) is 22.5 Å². The fourth-order valence-electron chi connectivity index (χ4n) is 2.84. The number of aryl methyl sites for hydroxylation is 1. The van der Waals surface area contributed by atoms with Gasteiger partial charge in [-0.2, -0.15) is 4.99 Å². The van der Waals surface area contributed by atoms with Crippen LogP contribution in [0.15, 0.2) is 53.5 Å². The molecule has 1 heterocycles. The molecule has 1 aromatic heterocycles. The zero-order valence-corrected chi connectivity index (χ0v) is 16.4.